The number of rotatable bonds is 4. The van der Waals surface area contributed by atoms with Crippen LogP contribution in [0.2, 0.25) is 0 Å². The SMILES string of the molecule is CC(C)C(C=O)c1ccc(C2(C)CCOC2)cc1. The molecule has 2 atom stereocenters. The minimum atomic E-state index is 0.00619. The van der Waals surface area contributed by atoms with Crippen molar-refractivity contribution in [3.63, 3.8) is 0 Å². The number of hydrogen-bond acceptors (Lipinski definition) is 2. The summed E-state index contributed by atoms with van der Waals surface area (Å²) in [6.45, 7) is 8.06. The lowest BCUT2D eigenvalue weighted by Gasteiger charge is -2.23. The Labute approximate surface area is 109 Å². The molecule has 1 aromatic carbocycles. The summed E-state index contributed by atoms with van der Waals surface area (Å²) in [6, 6.07) is 8.50. The van der Waals surface area contributed by atoms with Crippen molar-refractivity contribution in [3.8, 4) is 0 Å². The number of hydrogen-bond donors (Lipinski definition) is 0. The Morgan fingerprint density at radius 2 is 1.94 bits per heavy atom. The summed E-state index contributed by atoms with van der Waals surface area (Å²) in [6.07, 6.45) is 2.13. The first-order valence-corrected chi connectivity index (χ1v) is 6.70. The second kappa shape index (κ2) is 5.23. The van der Waals surface area contributed by atoms with E-state index in [0.29, 0.717) is 5.92 Å². The first kappa shape index (κ1) is 13.3. The maximum absolute atomic E-state index is 11.1. The standard InChI is InChI=1S/C16H22O2/c1-12(2)15(10-17)13-4-6-14(7-5-13)16(3)8-9-18-11-16/h4-7,10,12,15H,8-9,11H2,1-3H3. The van der Waals surface area contributed by atoms with Crippen LogP contribution in [0.1, 0.15) is 44.2 Å². The quantitative estimate of drug-likeness (QED) is 0.762. The van der Waals surface area contributed by atoms with Crippen LogP contribution in [-0.4, -0.2) is 19.5 Å². The van der Waals surface area contributed by atoms with Gasteiger partial charge in [0.05, 0.1) is 6.61 Å². The number of benzene rings is 1. The minimum absolute atomic E-state index is 0.00619. The summed E-state index contributed by atoms with van der Waals surface area (Å²) in [7, 11) is 0. The molecule has 1 aromatic rings. The van der Waals surface area contributed by atoms with E-state index in [2.05, 4.69) is 45.0 Å². The Morgan fingerprint density at radius 3 is 2.39 bits per heavy atom. The van der Waals surface area contributed by atoms with Crippen LogP contribution in [-0.2, 0) is 14.9 Å². The number of carbonyl (C=O) groups is 1. The van der Waals surface area contributed by atoms with Crippen molar-refractivity contribution < 1.29 is 9.53 Å². The van der Waals surface area contributed by atoms with E-state index < -0.39 is 0 Å². The molecular weight excluding hydrogens is 224 g/mol. The molecule has 0 radical (unpaired) electrons. The van der Waals surface area contributed by atoms with Gasteiger partial charge >= 0.3 is 0 Å². The summed E-state index contributed by atoms with van der Waals surface area (Å²) >= 11 is 0. The van der Waals surface area contributed by atoms with Crippen molar-refractivity contribution in [2.45, 2.75) is 38.5 Å². The average molecular weight is 246 g/mol. The van der Waals surface area contributed by atoms with E-state index in [4.69, 9.17) is 4.74 Å². The fraction of sp³-hybridized carbons (Fsp3) is 0.562. The van der Waals surface area contributed by atoms with Crippen LogP contribution in [0.15, 0.2) is 24.3 Å². The Morgan fingerprint density at radius 1 is 1.28 bits per heavy atom. The lowest BCUT2D eigenvalue weighted by molar-refractivity contribution is -0.109. The molecule has 1 fully saturated rings. The van der Waals surface area contributed by atoms with Gasteiger partial charge in [0.15, 0.2) is 0 Å². The van der Waals surface area contributed by atoms with Crippen molar-refractivity contribution >= 4 is 6.29 Å². The smallest absolute Gasteiger partial charge is 0.127 e. The molecule has 1 aliphatic heterocycles. The summed E-state index contributed by atoms with van der Waals surface area (Å²) in [5.74, 6) is 0.352. The van der Waals surface area contributed by atoms with Gasteiger partial charge in [-0.1, -0.05) is 45.0 Å². The highest BCUT2D eigenvalue weighted by Crippen LogP contribution is 2.33. The fourth-order valence-corrected chi connectivity index (χ4v) is 2.62. The van der Waals surface area contributed by atoms with E-state index in [9.17, 15) is 4.79 Å². The molecule has 2 unspecified atom stereocenters. The molecule has 0 N–H and O–H groups in total. The van der Waals surface area contributed by atoms with E-state index in [1.807, 2.05) is 0 Å². The van der Waals surface area contributed by atoms with Gasteiger partial charge in [-0.2, -0.15) is 0 Å². The van der Waals surface area contributed by atoms with E-state index in [0.717, 1.165) is 31.5 Å². The van der Waals surface area contributed by atoms with Gasteiger partial charge in [-0.15, -0.1) is 0 Å². The summed E-state index contributed by atoms with van der Waals surface area (Å²) in [5, 5.41) is 0. The molecule has 18 heavy (non-hydrogen) atoms. The molecule has 98 valence electrons. The Hall–Kier alpha value is -1.15. The van der Waals surface area contributed by atoms with Crippen LogP contribution in [0.4, 0.5) is 0 Å². The Balaban J connectivity index is 2.22. The molecule has 1 saturated heterocycles. The van der Waals surface area contributed by atoms with Crippen molar-refractivity contribution in [1.82, 2.24) is 0 Å². The third kappa shape index (κ3) is 2.49. The van der Waals surface area contributed by atoms with Gasteiger partial charge in [0.1, 0.15) is 6.29 Å². The largest absolute Gasteiger partial charge is 0.381 e. The third-order valence-electron chi connectivity index (χ3n) is 4.08. The van der Waals surface area contributed by atoms with Gasteiger partial charge < -0.3 is 9.53 Å². The van der Waals surface area contributed by atoms with E-state index >= 15 is 0 Å². The van der Waals surface area contributed by atoms with Crippen molar-refractivity contribution in [1.29, 1.82) is 0 Å². The molecule has 2 rings (SSSR count). The lowest BCUT2D eigenvalue weighted by Crippen LogP contribution is -2.21. The molecule has 0 bridgehead atoms. The fourth-order valence-electron chi connectivity index (χ4n) is 2.62. The van der Waals surface area contributed by atoms with Crippen LogP contribution in [0.5, 0.6) is 0 Å². The summed E-state index contributed by atoms with van der Waals surface area (Å²) in [5.41, 5.74) is 2.58. The van der Waals surface area contributed by atoms with Crippen molar-refractivity contribution in [2.75, 3.05) is 13.2 Å². The molecule has 0 aliphatic carbocycles. The van der Waals surface area contributed by atoms with E-state index in [1.54, 1.807) is 0 Å². The predicted octanol–water partition coefficient (Wildman–Crippen LogP) is 3.30. The normalized spacial score (nSPS) is 25.3. The highest BCUT2D eigenvalue weighted by atomic mass is 16.5. The molecule has 1 aliphatic rings. The predicted molar refractivity (Wildman–Crippen MR) is 72.9 cm³/mol. The number of aldehydes is 1. The number of carbonyl (C=O) groups excluding carboxylic acids is 1. The monoisotopic (exact) mass is 246 g/mol. The van der Waals surface area contributed by atoms with Gasteiger partial charge in [0.25, 0.3) is 0 Å². The molecule has 0 amide bonds. The van der Waals surface area contributed by atoms with Gasteiger partial charge in [-0.25, -0.2) is 0 Å². The van der Waals surface area contributed by atoms with Gasteiger partial charge in [0.2, 0.25) is 0 Å². The third-order valence-corrected chi connectivity index (χ3v) is 4.08. The maximum Gasteiger partial charge on any atom is 0.127 e. The van der Waals surface area contributed by atoms with Crippen LogP contribution in [0.25, 0.3) is 0 Å². The Bertz CT molecular complexity index is 400. The van der Waals surface area contributed by atoms with E-state index in [-0.39, 0.29) is 11.3 Å². The zero-order valence-corrected chi connectivity index (χ0v) is 11.5. The highest BCUT2D eigenvalue weighted by Gasteiger charge is 2.31. The van der Waals surface area contributed by atoms with Gasteiger partial charge in [0, 0.05) is 17.9 Å². The summed E-state index contributed by atoms with van der Waals surface area (Å²) in [4.78, 5) is 11.1. The first-order valence-electron chi connectivity index (χ1n) is 6.70. The molecule has 2 heteroatoms. The molecular formula is C16H22O2. The minimum Gasteiger partial charge on any atom is -0.381 e. The van der Waals surface area contributed by atoms with E-state index in [1.165, 1.54) is 5.56 Å². The van der Waals surface area contributed by atoms with Gasteiger partial charge in [-0.05, 0) is 23.5 Å². The molecule has 2 nitrogen and oxygen atoms in total. The first-order chi connectivity index (χ1) is 8.57. The zero-order valence-electron chi connectivity index (χ0n) is 11.5. The molecule has 0 aromatic heterocycles. The molecule has 1 heterocycles. The van der Waals surface area contributed by atoms with Crippen LogP contribution >= 0.6 is 0 Å². The maximum atomic E-state index is 11.1. The van der Waals surface area contributed by atoms with Crippen molar-refractivity contribution in [3.05, 3.63) is 35.4 Å². The van der Waals surface area contributed by atoms with Crippen molar-refractivity contribution in [2.24, 2.45) is 5.92 Å². The molecule has 0 spiro atoms. The zero-order chi connectivity index (χ0) is 13.2. The van der Waals surface area contributed by atoms with Crippen LogP contribution < -0.4 is 0 Å². The highest BCUT2D eigenvalue weighted by molar-refractivity contribution is 5.62. The second-order valence-corrected chi connectivity index (χ2v) is 5.89. The van der Waals surface area contributed by atoms with Crippen LogP contribution in [0, 0.1) is 5.92 Å². The Kier molecular flexibility index (Phi) is 3.86. The lowest BCUT2D eigenvalue weighted by atomic mass is 9.80. The molecule has 0 saturated carbocycles. The second-order valence-electron chi connectivity index (χ2n) is 5.89. The topological polar surface area (TPSA) is 26.3 Å². The average Bonchev–Trinajstić information content (AvgIpc) is 2.79. The number of ether oxygens (including phenoxy) is 1. The summed E-state index contributed by atoms with van der Waals surface area (Å²) < 4.78 is 5.50. The van der Waals surface area contributed by atoms with Crippen LogP contribution in [0.3, 0.4) is 0 Å². The van der Waals surface area contributed by atoms with Gasteiger partial charge in [-0.3, -0.25) is 0 Å².